The molecular weight excluding hydrogens is 454 g/mol. The number of nitrogens with one attached hydrogen (secondary N) is 2. The van der Waals surface area contributed by atoms with Gasteiger partial charge in [0, 0.05) is 43.7 Å². The van der Waals surface area contributed by atoms with Gasteiger partial charge in [-0.1, -0.05) is 29.8 Å². The summed E-state index contributed by atoms with van der Waals surface area (Å²) in [6, 6.07) is 13.5. The first-order valence-electron chi connectivity index (χ1n) is 11.6. The summed E-state index contributed by atoms with van der Waals surface area (Å²) in [6.07, 6.45) is 7.37. The second kappa shape index (κ2) is 13.0. The van der Waals surface area contributed by atoms with Crippen LogP contribution < -0.4 is 15.9 Å². The lowest BCUT2D eigenvalue weighted by molar-refractivity contribution is 0.281. The Labute approximate surface area is 211 Å². The molecule has 4 aromatic rings. The van der Waals surface area contributed by atoms with E-state index in [1.54, 1.807) is 19.3 Å². The summed E-state index contributed by atoms with van der Waals surface area (Å²) in [6.45, 7) is 3.72. The molecule has 0 aliphatic carbocycles. The number of hydrogen-bond donors (Lipinski definition) is 3. The maximum absolute atomic E-state index is 7.16. The van der Waals surface area contributed by atoms with Crippen molar-refractivity contribution in [1.29, 1.82) is 5.41 Å². The molecule has 0 saturated heterocycles. The third-order valence-electron chi connectivity index (χ3n) is 5.17. The van der Waals surface area contributed by atoms with Crippen molar-refractivity contribution >= 4 is 23.4 Å². The summed E-state index contributed by atoms with van der Waals surface area (Å²) in [5.74, 6) is 1.25. The fourth-order valence-electron chi connectivity index (χ4n) is 3.35. The zero-order chi connectivity index (χ0) is 25.9. The number of aromatic nitrogens is 4. The van der Waals surface area contributed by atoms with Crippen LogP contribution in [-0.2, 0) is 0 Å². The van der Waals surface area contributed by atoms with Gasteiger partial charge in [0.05, 0.1) is 24.2 Å². The zero-order valence-corrected chi connectivity index (χ0v) is 21.1. The lowest BCUT2D eigenvalue weighted by Crippen LogP contribution is -2.15. The van der Waals surface area contributed by atoms with E-state index in [0.29, 0.717) is 18.1 Å². The number of pyridine rings is 1. The first-order valence-corrected chi connectivity index (χ1v) is 11.6. The Morgan fingerprint density at radius 1 is 1.17 bits per heavy atom. The highest BCUT2D eigenvalue weighted by atomic mass is 16.5. The summed E-state index contributed by atoms with van der Waals surface area (Å²) in [5.41, 5.74) is 13.6. The maximum atomic E-state index is 7.16. The van der Waals surface area contributed by atoms with E-state index in [1.807, 2.05) is 53.9 Å². The molecule has 0 unspecified atom stereocenters. The Morgan fingerprint density at radius 3 is 2.61 bits per heavy atom. The molecule has 0 saturated carbocycles. The Kier molecular flexibility index (Phi) is 9.47. The number of nitrogens with two attached hydrogens (primary N) is 1. The highest BCUT2D eigenvalue weighted by Gasteiger charge is 2.09. The molecule has 3 aromatic heterocycles. The number of nitrogens with zero attached hydrogens (tertiary/aromatic N) is 6. The number of nitrogen functional groups attached to an aromatic ring is 1. The fraction of sp³-hybridized carbons (Fsp3) is 0.269. The van der Waals surface area contributed by atoms with Crippen molar-refractivity contribution in [2.24, 2.45) is 5.10 Å². The van der Waals surface area contributed by atoms with Gasteiger partial charge in [0.2, 0.25) is 0 Å². The standard InChI is InChI=1S/C16H20N6O.C10H13N3/c1-21(2)5-3-7-23-12-4-6-22-14(10-18-16(22)8-12)13-9-15(17)20-11-19-13;1-8-3-5-9(6-4-8)10(7-11)13-12-2/h4,6,8-11H,3,5,7H2,1-2H3,(H2,17,19,20);3-7,11-12H,1-2H3/b;11-7?,13-10+. The molecule has 188 valence electrons. The number of anilines is 1. The van der Waals surface area contributed by atoms with Crippen LogP contribution in [0, 0.1) is 12.3 Å². The van der Waals surface area contributed by atoms with Crippen molar-refractivity contribution in [1.82, 2.24) is 29.7 Å². The van der Waals surface area contributed by atoms with Gasteiger partial charge in [0.15, 0.2) is 0 Å². The molecule has 0 radical (unpaired) electrons. The van der Waals surface area contributed by atoms with Crippen molar-refractivity contribution in [3.05, 3.63) is 72.3 Å². The third-order valence-corrected chi connectivity index (χ3v) is 5.17. The van der Waals surface area contributed by atoms with Crippen LogP contribution in [0.2, 0.25) is 0 Å². The summed E-state index contributed by atoms with van der Waals surface area (Å²) >= 11 is 0. The van der Waals surface area contributed by atoms with E-state index < -0.39 is 0 Å². The normalized spacial score (nSPS) is 11.2. The van der Waals surface area contributed by atoms with Crippen LogP contribution in [0.4, 0.5) is 5.82 Å². The highest BCUT2D eigenvalue weighted by molar-refractivity contribution is 6.37. The van der Waals surface area contributed by atoms with E-state index >= 15 is 0 Å². The Balaban J connectivity index is 0.000000236. The van der Waals surface area contributed by atoms with E-state index in [4.69, 9.17) is 15.9 Å². The molecule has 0 atom stereocenters. The molecule has 0 bridgehead atoms. The van der Waals surface area contributed by atoms with Crippen molar-refractivity contribution < 1.29 is 4.74 Å². The van der Waals surface area contributed by atoms with E-state index in [0.717, 1.165) is 41.3 Å². The van der Waals surface area contributed by atoms with Crippen LogP contribution in [0.1, 0.15) is 17.5 Å². The van der Waals surface area contributed by atoms with Gasteiger partial charge in [0.1, 0.15) is 29.3 Å². The van der Waals surface area contributed by atoms with Crippen molar-refractivity contribution in [2.75, 3.05) is 40.0 Å². The molecule has 0 aliphatic heterocycles. The Morgan fingerprint density at radius 2 is 1.94 bits per heavy atom. The quantitative estimate of drug-likeness (QED) is 0.188. The number of hydrogen-bond acceptors (Lipinski definition) is 9. The molecule has 10 heteroatoms. The zero-order valence-electron chi connectivity index (χ0n) is 21.1. The predicted octanol–water partition coefficient (Wildman–Crippen LogP) is 3.27. The minimum Gasteiger partial charge on any atom is -0.493 e. The van der Waals surface area contributed by atoms with Gasteiger partial charge in [-0.3, -0.25) is 4.40 Å². The van der Waals surface area contributed by atoms with Crippen molar-refractivity contribution in [3.63, 3.8) is 0 Å². The number of rotatable bonds is 9. The molecule has 1 aromatic carbocycles. The van der Waals surface area contributed by atoms with Crippen LogP contribution in [-0.4, -0.2) is 70.5 Å². The average molecular weight is 488 g/mol. The van der Waals surface area contributed by atoms with Crippen LogP contribution >= 0.6 is 0 Å². The number of fused-ring (bicyclic) bond motifs is 1. The number of ether oxygens (including phenoxy) is 1. The molecule has 10 nitrogen and oxygen atoms in total. The largest absolute Gasteiger partial charge is 0.493 e. The molecule has 36 heavy (non-hydrogen) atoms. The van der Waals surface area contributed by atoms with Crippen LogP contribution in [0.3, 0.4) is 0 Å². The van der Waals surface area contributed by atoms with Crippen molar-refractivity contribution in [2.45, 2.75) is 13.3 Å². The SMILES string of the molecule is CN(C)CCCOc1ccn2c(-c3cc(N)ncn3)cnc2c1.CN/N=C(\C=N)c1ccc(C)cc1. The van der Waals surface area contributed by atoms with Gasteiger partial charge in [-0.15, -0.1) is 0 Å². The summed E-state index contributed by atoms with van der Waals surface area (Å²) in [7, 11) is 5.83. The van der Waals surface area contributed by atoms with Gasteiger partial charge in [0.25, 0.3) is 0 Å². The third kappa shape index (κ3) is 7.34. The number of aryl methyl sites for hydroxylation is 1. The molecule has 0 spiro atoms. The monoisotopic (exact) mass is 487 g/mol. The summed E-state index contributed by atoms with van der Waals surface area (Å²) in [5, 5.41) is 11.1. The highest BCUT2D eigenvalue weighted by Crippen LogP contribution is 2.22. The van der Waals surface area contributed by atoms with Gasteiger partial charge in [-0.05, 0) is 33.5 Å². The van der Waals surface area contributed by atoms with Gasteiger partial charge in [-0.2, -0.15) is 5.10 Å². The minimum atomic E-state index is 0.436. The number of imidazole rings is 1. The average Bonchev–Trinajstić information content (AvgIpc) is 3.29. The summed E-state index contributed by atoms with van der Waals surface area (Å²) < 4.78 is 7.73. The van der Waals surface area contributed by atoms with E-state index in [2.05, 4.69) is 44.5 Å². The van der Waals surface area contributed by atoms with E-state index in [-0.39, 0.29) is 0 Å². The molecular formula is C26H33N9O. The number of benzene rings is 1. The lowest BCUT2D eigenvalue weighted by Gasteiger charge is -2.10. The lowest BCUT2D eigenvalue weighted by atomic mass is 10.1. The second-order valence-electron chi connectivity index (χ2n) is 8.30. The topological polar surface area (TPSA) is 130 Å². The van der Waals surface area contributed by atoms with E-state index in [1.165, 1.54) is 18.1 Å². The Hall–Kier alpha value is -4.31. The smallest absolute Gasteiger partial charge is 0.140 e. The maximum Gasteiger partial charge on any atom is 0.140 e. The fourth-order valence-corrected chi connectivity index (χ4v) is 3.35. The Bertz CT molecular complexity index is 1300. The number of hydrazone groups is 1. The van der Waals surface area contributed by atoms with Gasteiger partial charge < -0.3 is 26.2 Å². The first-order chi connectivity index (χ1) is 17.4. The van der Waals surface area contributed by atoms with E-state index in [9.17, 15) is 0 Å². The summed E-state index contributed by atoms with van der Waals surface area (Å²) in [4.78, 5) is 14.7. The molecule has 3 heterocycles. The molecule has 0 aliphatic rings. The van der Waals surface area contributed by atoms with Gasteiger partial charge >= 0.3 is 0 Å². The van der Waals surface area contributed by atoms with Crippen LogP contribution in [0.15, 0.2) is 66.3 Å². The first kappa shape index (κ1) is 26.3. The van der Waals surface area contributed by atoms with Crippen LogP contribution in [0.5, 0.6) is 5.75 Å². The molecule has 0 amide bonds. The second-order valence-corrected chi connectivity index (χ2v) is 8.30. The van der Waals surface area contributed by atoms with Crippen LogP contribution in [0.25, 0.3) is 17.0 Å². The van der Waals surface area contributed by atoms with Crippen molar-refractivity contribution in [3.8, 4) is 17.1 Å². The van der Waals surface area contributed by atoms with Gasteiger partial charge in [-0.25, -0.2) is 15.0 Å². The molecule has 0 fully saturated rings. The predicted molar refractivity (Wildman–Crippen MR) is 145 cm³/mol. The molecule has 4 N–H and O–H groups in total. The minimum absolute atomic E-state index is 0.436. The molecule has 4 rings (SSSR count).